The van der Waals surface area contributed by atoms with Gasteiger partial charge in [0.25, 0.3) is 0 Å². The van der Waals surface area contributed by atoms with Gasteiger partial charge in [-0.15, -0.1) is 0 Å². The number of halogens is 1. The molecule has 34 heavy (non-hydrogen) atoms. The van der Waals surface area contributed by atoms with E-state index in [-0.39, 0.29) is 5.41 Å². The maximum Gasteiger partial charge on any atom is 0.0694 e. The SMILES string of the molecule is Cc1ccc2c(c1)C1(C3=C2C=CC(C)C3)c2ccccc2-c2cccc(-c3ccc(Cl)cc3)c21. The quantitative estimate of drug-likeness (QED) is 0.268. The van der Waals surface area contributed by atoms with Crippen LogP contribution >= 0.6 is 11.6 Å². The smallest absolute Gasteiger partial charge is 0.0694 e. The first kappa shape index (κ1) is 20.1. The van der Waals surface area contributed by atoms with Crippen molar-refractivity contribution in [1.82, 2.24) is 0 Å². The van der Waals surface area contributed by atoms with Crippen LogP contribution in [0.4, 0.5) is 0 Å². The second-order valence-electron chi connectivity index (χ2n) is 10.0. The highest BCUT2D eigenvalue weighted by Crippen LogP contribution is 2.65. The molecular formula is C33H25Cl. The standard InChI is InChI=1S/C33H25Cl/c1-20-10-16-26-27-17-11-21(2)19-31(27)33(30(26)18-20)29-9-4-3-6-25(29)28-8-5-7-24(32(28)33)22-12-14-23(34)15-13-22/h3-18,21H,19H2,1-2H3. The van der Waals surface area contributed by atoms with Crippen molar-refractivity contribution in [2.24, 2.45) is 5.92 Å². The van der Waals surface area contributed by atoms with E-state index in [9.17, 15) is 0 Å². The van der Waals surface area contributed by atoms with Gasteiger partial charge in [0, 0.05) is 5.02 Å². The molecule has 4 aromatic carbocycles. The van der Waals surface area contributed by atoms with Crippen molar-refractivity contribution in [3.8, 4) is 22.3 Å². The molecule has 2 atom stereocenters. The van der Waals surface area contributed by atoms with Gasteiger partial charge in [-0.25, -0.2) is 0 Å². The summed E-state index contributed by atoms with van der Waals surface area (Å²) in [6.07, 6.45) is 5.84. The normalized spacial score (nSPS) is 21.4. The summed E-state index contributed by atoms with van der Waals surface area (Å²) in [6, 6.07) is 31.3. The summed E-state index contributed by atoms with van der Waals surface area (Å²) >= 11 is 6.29. The maximum atomic E-state index is 6.29. The van der Waals surface area contributed by atoms with E-state index < -0.39 is 0 Å². The van der Waals surface area contributed by atoms with Gasteiger partial charge in [0.05, 0.1) is 5.41 Å². The van der Waals surface area contributed by atoms with E-state index in [1.54, 1.807) is 5.57 Å². The molecule has 7 rings (SSSR count). The first-order chi connectivity index (χ1) is 16.6. The van der Waals surface area contributed by atoms with Gasteiger partial charge >= 0.3 is 0 Å². The minimum absolute atomic E-state index is 0.266. The van der Waals surface area contributed by atoms with Gasteiger partial charge in [0.1, 0.15) is 0 Å². The highest BCUT2D eigenvalue weighted by atomic mass is 35.5. The van der Waals surface area contributed by atoms with Crippen molar-refractivity contribution >= 4 is 17.2 Å². The van der Waals surface area contributed by atoms with Crippen LogP contribution in [0.5, 0.6) is 0 Å². The van der Waals surface area contributed by atoms with Gasteiger partial charge < -0.3 is 0 Å². The van der Waals surface area contributed by atoms with Crippen molar-refractivity contribution in [2.45, 2.75) is 25.7 Å². The van der Waals surface area contributed by atoms with E-state index in [2.05, 4.69) is 98.8 Å². The molecule has 3 aliphatic rings. The maximum absolute atomic E-state index is 6.29. The van der Waals surface area contributed by atoms with Crippen molar-refractivity contribution < 1.29 is 0 Å². The minimum atomic E-state index is -0.266. The fraction of sp³-hybridized carbons (Fsp3) is 0.152. The lowest BCUT2D eigenvalue weighted by Crippen LogP contribution is -2.29. The van der Waals surface area contributed by atoms with Crippen LogP contribution in [-0.4, -0.2) is 0 Å². The molecule has 1 heteroatoms. The topological polar surface area (TPSA) is 0 Å². The Morgan fingerprint density at radius 1 is 0.765 bits per heavy atom. The summed E-state index contributed by atoms with van der Waals surface area (Å²) in [5, 5.41) is 0.771. The number of allylic oxidation sites excluding steroid dienone is 4. The van der Waals surface area contributed by atoms with Crippen LogP contribution in [0.25, 0.3) is 27.8 Å². The molecule has 0 aromatic heterocycles. The highest BCUT2D eigenvalue weighted by molar-refractivity contribution is 6.30. The molecule has 0 amide bonds. The first-order valence-corrected chi connectivity index (χ1v) is 12.5. The molecule has 0 bridgehead atoms. The second-order valence-corrected chi connectivity index (χ2v) is 10.4. The Balaban J connectivity index is 1.67. The van der Waals surface area contributed by atoms with Crippen molar-refractivity contribution in [3.63, 3.8) is 0 Å². The molecule has 0 N–H and O–H groups in total. The minimum Gasteiger partial charge on any atom is -0.0843 e. The fourth-order valence-electron chi connectivity index (χ4n) is 6.66. The number of benzene rings is 4. The lowest BCUT2D eigenvalue weighted by Gasteiger charge is -2.36. The van der Waals surface area contributed by atoms with Crippen molar-refractivity contribution in [1.29, 1.82) is 0 Å². The predicted octanol–water partition coefficient (Wildman–Crippen LogP) is 8.99. The number of hydrogen-bond acceptors (Lipinski definition) is 0. The molecular weight excluding hydrogens is 432 g/mol. The number of aryl methyl sites for hydroxylation is 1. The number of fused-ring (bicyclic) bond motifs is 9. The zero-order chi connectivity index (χ0) is 23.0. The van der Waals surface area contributed by atoms with Gasteiger partial charge in [0.2, 0.25) is 0 Å². The molecule has 0 heterocycles. The van der Waals surface area contributed by atoms with Crippen LogP contribution in [0, 0.1) is 12.8 Å². The third kappa shape index (κ3) is 2.50. The molecule has 164 valence electrons. The van der Waals surface area contributed by atoms with E-state index >= 15 is 0 Å². The summed E-state index contributed by atoms with van der Waals surface area (Å²) in [7, 11) is 0. The molecule has 0 saturated heterocycles. The number of rotatable bonds is 1. The van der Waals surface area contributed by atoms with Gasteiger partial charge in [-0.1, -0.05) is 109 Å². The molecule has 0 saturated carbocycles. The second kappa shape index (κ2) is 7.08. The Labute approximate surface area is 206 Å². The van der Waals surface area contributed by atoms with Gasteiger partial charge in [0.15, 0.2) is 0 Å². The summed E-state index contributed by atoms with van der Waals surface area (Å²) in [5.41, 5.74) is 14.9. The first-order valence-electron chi connectivity index (χ1n) is 12.1. The van der Waals surface area contributed by atoms with Crippen molar-refractivity contribution in [3.05, 3.63) is 135 Å². The van der Waals surface area contributed by atoms with Gasteiger partial charge in [-0.05, 0) is 87.0 Å². The molecule has 0 aliphatic heterocycles. The van der Waals surface area contributed by atoms with E-state index in [0.29, 0.717) is 5.92 Å². The zero-order valence-corrected chi connectivity index (χ0v) is 20.2. The van der Waals surface area contributed by atoms with E-state index in [0.717, 1.165) is 11.4 Å². The van der Waals surface area contributed by atoms with Crippen LogP contribution in [0.3, 0.4) is 0 Å². The summed E-state index contributed by atoms with van der Waals surface area (Å²) < 4.78 is 0. The highest BCUT2D eigenvalue weighted by Gasteiger charge is 2.54. The fourth-order valence-corrected chi connectivity index (χ4v) is 6.78. The number of hydrogen-bond donors (Lipinski definition) is 0. The monoisotopic (exact) mass is 456 g/mol. The molecule has 1 spiro atoms. The Morgan fingerprint density at radius 3 is 2.38 bits per heavy atom. The molecule has 0 nitrogen and oxygen atoms in total. The van der Waals surface area contributed by atoms with Crippen LogP contribution in [0.2, 0.25) is 5.02 Å². The molecule has 0 radical (unpaired) electrons. The van der Waals surface area contributed by atoms with Gasteiger partial charge in [-0.3, -0.25) is 0 Å². The molecule has 0 fully saturated rings. The largest absolute Gasteiger partial charge is 0.0843 e. The van der Waals surface area contributed by atoms with Crippen LogP contribution < -0.4 is 0 Å². The third-order valence-electron chi connectivity index (χ3n) is 7.98. The Morgan fingerprint density at radius 2 is 1.53 bits per heavy atom. The molecule has 4 aromatic rings. The van der Waals surface area contributed by atoms with Crippen LogP contribution in [0.15, 0.2) is 103 Å². The Hall–Kier alpha value is -3.35. The average molecular weight is 457 g/mol. The predicted molar refractivity (Wildman–Crippen MR) is 143 cm³/mol. The molecule has 3 aliphatic carbocycles. The van der Waals surface area contributed by atoms with Crippen LogP contribution in [0.1, 0.15) is 41.2 Å². The third-order valence-corrected chi connectivity index (χ3v) is 8.23. The lowest BCUT2D eigenvalue weighted by molar-refractivity contribution is 0.631. The summed E-state index contributed by atoms with van der Waals surface area (Å²) in [4.78, 5) is 0. The zero-order valence-electron chi connectivity index (χ0n) is 19.4. The van der Waals surface area contributed by atoms with Crippen LogP contribution in [-0.2, 0) is 5.41 Å². The summed E-state index contributed by atoms with van der Waals surface area (Å²) in [6.45, 7) is 4.56. The van der Waals surface area contributed by atoms with E-state index in [1.165, 1.54) is 55.6 Å². The summed E-state index contributed by atoms with van der Waals surface area (Å²) in [5.74, 6) is 0.518. The van der Waals surface area contributed by atoms with E-state index in [4.69, 9.17) is 11.6 Å². The Bertz CT molecular complexity index is 1550. The Kier molecular flexibility index (Phi) is 4.17. The van der Waals surface area contributed by atoms with Crippen molar-refractivity contribution in [2.75, 3.05) is 0 Å². The van der Waals surface area contributed by atoms with E-state index in [1.807, 2.05) is 12.1 Å². The average Bonchev–Trinajstić information content (AvgIpc) is 3.31. The van der Waals surface area contributed by atoms with Gasteiger partial charge in [-0.2, -0.15) is 0 Å². The molecule has 2 unspecified atom stereocenters. The lowest BCUT2D eigenvalue weighted by atomic mass is 9.65.